The van der Waals surface area contributed by atoms with Gasteiger partial charge in [-0.3, -0.25) is 125 Å². The first-order valence-electron chi connectivity index (χ1n) is 52.0. The molecule has 0 radical (unpaired) electrons. The van der Waals surface area contributed by atoms with Crippen LogP contribution in [0.25, 0.3) is 0 Å². The zero-order chi connectivity index (χ0) is 115. The van der Waals surface area contributed by atoms with Crippen molar-refractivity contribution < 1.29 is 137 Å². The Balaban J connectivity index is 0.00000172. The van der Waals surface area contributed by atoms with Crippen LogP contribution in [0.2, 0.25) is 0 Å². The van der Waals surface area contributed by atoms with Gasteiger partial charge in [0.05, 0.1) is 111 Å². The molecule has 3 aliphatic heterocycles. The lowest BCUT2D eigenvalue weighted by Gasteiger charge is -2.37. The molecule has 0 aromatic heterocycles. The van der Waals surface area contributed by atoms with Crippen LogP contribution in [-0.4, -0.2) is 467 Å². The van der Waals surface area contributed by atoms with Crippen molar-refractivity contribution in [1.82, 2.24) is 69.4 Å². The molecular formula is C101H199N16O29P3. The van der Waals surface area contributed by atoms with Crippen molar-refractivity contribution in [3.8, 4) is 0 Å². The van der Waals surface area contributed by atoms with Crippen LogP contribution < -0.4 is 22.1 Å². The molecule has 0 saturated carbocycles. The number of carbonyl (C=O) groups is 11. The molecule has 149 heavy (non-hydrogen) atoms. The number of carbonyl (C=O) groups excluding carboxylic acids is 8. The van der Waals surface area contributed by atoms with Crippen molar-refractivity contribution in [3.05, 3.63) is 0 Å². The molecule has 3 fully saturated rings. The quantitative estimate of drug-likeness (QED) is 0.0172. The summed E-state index contributed by atoms with van der Waals surface area (Å²) in [7, 11) is -11.3. The van der Waals surface area contributed by atoms with Gasteiger partial charge in [0.2, 0.25) is 11.8 Å². The Morgan fingerprint density at radius 1 is 0.248 bits per heavy atom. The molecule has 0 aliphatic carbocycles. The third kappa shape index (κ3) is 77.1. The number of nitrogens with two attached hydrogens (primary N) is 2. The lowest BCUT2D eigenvalue weighted by molar-refractivity contribution is -0.157. The zero-order valence-electron chi connectivity index (χ0n) is 97.8. The highest BCUT2D eigenvalue weighted by Crippen LogP contribution is 2.57. The average molecular weight is 2190 g/mol. The summed E-state index contributed by atoms with van der Waals surface area (Å²) in [4.78, 5) is 165. The normalized spacial score (nSPS) is 18.3. The van der Waals surface area contributed by atoms with E-state index >= 15 is 0 Å². The Morgan fingerprint density at radius 3 is 0.570 bits per heavy atom. The van der Waals surface area contributed by atoms with Crippen molar-refractivity contribution in [2.45, 2.75) is 341 Å². The lowest BCUT2D eigenvalue weighted by atomic mass is 10.2. The SMILES string of the molecule is CC(C)(C)OC(=O)CN1CCN(CC(=O)NCC(CC(=O)O)NC(=O)CN2CCN(CC(=O)OC(C)(C)C)CCN(CP(=O)(OC(C)(C)C)OC(C)(C)C)CCN(CC(=O)OC(C)(C)C)CC2)CCN(CC(=O)OC(C)(C)C)CCN(CP(=O)(OC(C)(C)C)OC(C)(C)C)CC1.CC(C)(C)OC(=O)CN1CCN(CC(=O)O)CCN(CC(=O)OC(C)(C)C)CCN(CP(=O)(OC(C)(C)C)OC(C)(C)C)CC1.NCC(N)CC(=O)O. The van der Waals surface area contributed by atoms with Gasteiger partial charge in [0.1, 0.15) is 52.5 Å². The number of carboxylic acids is 3. The number of ether oxygens (including phenoxy) is 6. The first-order chi connectivity index (χ1) is 67.3. The van der Waals surface area contributed by atoms with Crippen molar-refractivity contribution in [3.63, 3.8) is 0 Å². The van der Waals surface area contributed by atoms with Gasteiger partial charge in [0, 0.05) is 176 Å². The van der Waals surface area contributed by atoms with E-state index in [4.69, 9.17) is 72.1 Å². The van der Waals surface area contributed by atoms with E-state index in [1.54, 1.807) is 171 Å². The molecule has 2 amide bonds. The number of nitrogens with zero attached hydrogens (tertiary/aromatic N) is 12. The van der Waals surface area contributed by atoms with E-state index in [9.17, 15) is 76.6 Å². The Labute approximate surface area is 891 Å². The number of hydrogen-bond donors (Lipinski definition) is 7. The number of amides is 2. The molecule has 0 spiro atoms. The van der Waals surface area contributed by atoms with Gasteiger partial charge in [-0.1, -0.05) is 0 Å². The monoisotopic (exact) mass is 2190 g/mol. The van der Waals surface area contributed by atoms with Crippen molar-refractivity contribution in [2.24, 2.45) is 11.5 Å². The minimum absolute atomic E-state index is 0.00718. The third-order valence-corrected chi connectivity index (χ3v) is 27.4. The van der Waals surface area contributed by atoms with E-state index in [0.29, 0.717) is 91.6 Å². The molecule has 3 aliphatic rings. The Morgan fingerprint density at radius 2 is 0.416 bits per heavy atom. The summed E-state index contributed by atoms with van der Waals surface area (Å²) < 4.78 is 115. The van der Waals surface area contributed by atoms with Crippen LogP contribution in [0.3, 0.4) is 0 Å². The molecule has 2 unspecified atom stereocenters. The van der Waals surface area contributed by atoms with E-state index in [-0.39, 0.29) is 175 Å². The van der Waals surface area contributed by atoms with E-state index in [2.05, 4.69) is 10.6 Å². The van der Waals surface area contributed by atoms with Gasteiger partial charge in [-0.05, 0) is 249 Å². The summed E-state index contributed by atoms with van der Waals surface area (Å²) in [6.07, 6.45) is -0.749. The maximum Gasteiger partial charge on any atom is 0.345 e. The first-order valence-corrected chi connectivity index (χ1v) is 57.2. The molecule has 48 heteroatoms. The van der Waals surface area contributed by atoms with Gasteiger partial charge < -0.3 is 93.0 Å². The fourth-order valence-electron chi connectivity index (χ4n) is 15.2. The van der Waals surface area contributed by atoms with E-state index in [1.165, 1.54) is 0 Å². The van der Waals surface area contributed by atoms with Crippen LogP contribution in [0.15, 0.2) is 0 Å². The number of carboxylic acid groups (broad SMARTS) is 3. The largest absolute Gasteiger partial charge is 0.481 e. The second-order valence-electron chi connectivity index (χ2n) is 50.5. The summed E-state index contributed by atoms with van der Waals surface area (Å²) in [6.45, 7) is 71.4. The maximum absolute atomic E-state index is 14.7. The van der Waals surface area contributed by atoms with Crippen molar-refractivity contribution >= 4 is 88.3 Å². The minimum atomic E-state index is -3.82. The highest BCUT2D eigenvalue weighted by molar-refractivity contribution is 7.54. The molecule has 0 aromatic carbocycles. The summed E-state index contributed by atoms with van der Waals surface area (Å²) in [6, 6.07) is -1.46. The minimum Gasteiger partial charge on any atom is -0.481 e. The molecule has 2 atom stereocenters. The second-order valence-corrected chi connectivity index (χ2v) is 56.1. The molecule has 45 nitrogen and oxygen atoms in total. The van der Waals surface area contributed by atoms with Crippen LogP contribution in [0.4, 0.5) is 0 Å². The van der Waals surface area contributed by atoms with Gasteiger partial charge in [-0.15, -0.1) is 0 Å². The smallest absolute Gasteiger partial charge is 0.345 e. The fraction of sp³-hybridized carbons (Fsp3) is 0.891. The number of hydrogen-bond acceptors (Lipinski definition) is 40. The molecule has 3 rings (SSSR count). The van der Waals surface area contributed by atoms with E-state index in [0.717, 1.165) is 0 Å². The van der Waals surface area contributed by atoms with Crippen LogP contribution in [0.5, 0.6) is 0 Å². The Hall–Kier alpha value is -5.94. The van der Waals surface area contributed by atoms with Crippen molar-refractivity contribution in [1.29, 1.82) is 0 Å². The molecule has 0 bridgehead atoms. The fourth-order valence-corrected chi connectivity index (χ4v) is 23.0. The predicted octanol–water partition coefficient (Wildman–Crippen LogP) is 8.94. The van der Waals surface area contributed by atoms with Gasteiger partial charge in [0.25, 0.3) is 0 Å². The number of nitrogens with one attached hydrogen (secondary N) is 2. The summed E-state index contributed by atoms with van der Waals surface area (Å²) in [5, 5.41) is 33.5. The second kappa shape index (κ2) is 62.3. The third-order valence-electron chi connectivity index (χ3n) is 20.2. The van der Waals surface area contributed by atoms with Crippen LogP contribution >= 0.6 is 22.8 Å². The zero-order valence-corrected chi connectivity index (χ0v) is 100. The van der Waals surface area contributed by atoms with Crippen molar-refractivity contribution in [2.75, 3.05) is 248 Å². The predicted molar refractivity (Wildman–Crippen MR) is 574 cm³/mol. The molecule has 3 saturated heterocycles. The van der Waals surface area contributed by atoms with Crippen LogP contribution in [0, 0.1) is 0 Å². The van der Waals surface area contributed by atoms with Gasteiger partial charge >= 0.3 is 76.5 Å². The molecule has 872 valence electrons. The first kappa shape index (κ1) is 141. The summed E-state index contributed by atoms with van der Waals surface area (Å²) >= 11 is 0. The number of esters is 6. The van der Waals surface area contributed by atoms with Crippen LogP contribution in [-0.2, 0) is 122 Å². The molecule has 9 N–H and O–H groups in total. The maximum atomic E-state index is 14.7. The lowest BCUT2D eigenvalue weighted by Crippen LogP contribution is -2.52. The van der Waals surface area contributed by atoms with Gasteiger partial charge in [0.15, 0.2) is 0 Å². The van der Waals surface area contributed by atoms with Gasteiger partial charge in [-0.2, -0.15) is 0 Å². The van der Waals surface area contributed by atoms with E-state index < -0.39 is 162 Å². The number of aliphatic carboxylic acids is 3. The topological polar surface area (TPSA) is 525 Å². The Bertz CT molecular complexity index is 4070. The summed E-state index contributed by atoms with van der Waals surface area (Å²) in [5.74, 6) is -6.74. The highest BCUT2D eigenvalue weighted by atomic mass is 31.2. The highest BCUT2D eigenvalue weighted by Gasteiger charge is 2.43. The summed E-state index contributed by atoms with van der Waals surface area (Å²) in [5.41, 5.74) is 1.04. The van der Waals surface area contributed by atoms with Gasteiger partial charge in [-0.25, -0.2) is 0 Å². The average Bonchev–Trinajstić information content (AvgIpc) is 0.827. The Kier molecular flexibility index (Phi) is 59.0. The standard InChI is InChI=1S/C66H128N10O18P2.C31H61N4O9P.C4H10N2O2/c1-59(2,3)87-55(81)45-71-29-25-69(26-30-72(46-56(82)88-60(4,5)6)34-38-75(37-33-71)49-95(85,91-63(13,14)15)92-64(16,17)18)43-52(77)67-42-51(41-54(79)80)68-53(78)44-70-27-31-73(47-57(83)89-61(7,8)9)35-39-76(50-96(86,93-65(19,20)21)94-66(22,23)24)40-36-74(32-28-70)48-58(84)90-62(10,11)12;1-28(2,3)41-26(38)22-33-15-13-32(21-25(36)37)14-16-34(23-27(39)42-29(4,5)6)18-20-35(19-17-33)24-45(40,43-30(7,8)9)44-31(10,11)12;5-2-3(6)1-4(7)8/h51H,25-50H2,1-24H3,(H,67,77)(H,68,78)(H,79,80);13-24H2,1-12H3,(H,36,37);3H,1-2,5-6H2,(H,7,8). The molecule has 0 aromatic rings. The van der Waals surface area contributed by atoms with E-state index in [1.807, 2.05) is 137 Å². The molecule has 3 heterocycles. The number of rotatable bonds is 38. The van der Waals surface area contributed by atoms with Crippen LogP contribution in [0.1, 0.15) is 262 Å². The molecular weight excluding hydrogens is 1990 g/mol.